The third kappa shape index (κ3) is 1.34. The Hall–Kier alpha value is -1.97. The van der Waals surface area contributed by atoms with Crippen LogP contribution in [-0.4, -0.2) is 10.2 Å². The number of rotatable bonds is 0. The van der Waals surface area contributed by atoms with E-state index in [0.717, 1.165) is 0 Å². The first-order valence-corrected chi connectivity index (χ1v) is 4.46. The molecule has 0 spiro atoms. The highest BCUT2D eigenvalue weighted by Crippen LogP contribution is 2.32. The molecular formula is C11H10O4. The molecule has 0 aliphatic carbocycles. The van der Waals surface area contributed by atoms with Crippen LogP contribution in [-0.2, 0) is 0 Å². The van der Waals surface area contributed by atoms with Crippen LogP contribution in [0.3, 0.4) is 0 Å². The van der Waals surface area contributed by atoms with Gasteiger partial charge in [-0.15, -0.1) is 0 Å². The van der Waals surface area contributed by atoms with Crippen molar-refractivity contribution in [2.75, 3.05) is 0 Å². The van der Waals surface area contributed by atoms with Crippen molar-refractivity contribution in [1.29, 1.82) is 0 Å². The predicted molar refractivity (Wildman–Crippen MR) is 55.3 cm³/mol. The normalized spacial score (nSPS) is 10.8. The van der Waals surface area contributed by atoms with Crippen molar-refractivity contribution in [1.82, 2.24) is 0 Å². The lowest BCUT2D eigenvalue weighted by atomic mass is 10.1. The van der Waals surface area contributed by atoms with Gasteiger partial charge >= 0.3 is 0 Å². The smallest absolute Gasteiger partial charge is 0.193 e. The molecule has 2 aromatic rings. The molecule has 0 aliphatic rings. The predicted octanol–water partition coefficient (Wildman–Crippen LogP) is 1.82. The number of aryl methyl sites for hydroxylation is 2. The maximum absolute atomic E-state index is 11.6. The third-order valence-corrected chi connectivity index (χ3v) is 2.34. The van der Waals surface area contributed by atoms with E-state index < -0.39 is 0 Å². The second-order valence-corrected chi connectivity index (χ2v) is 3.47. The molecule has 0 amide bonds. The van der Waals surface area contributed by atoms with Crippen molar-refractivity contribution in [2.24, 2.45) is 0 Å². The molecule has 0 bridgehead atoms. The van der Waals surface area contributed by atoms with Crippen molar-refractivity contribution in [2.45, 2.75) is 13.8 Å². The van der Waals surface area contributed by atoms with Gasteiger partial charge in [-0.2, -0.15) is 0 Å². The van der Waals surface area contributed by atoms with Crippen molar-refractivity contribution in [3.05, 3.63) is 33.7 Å². The Morgan fingerprint density at radius 2 is 1.80 bits per heavy atom. The van der Waals surface area contributed by atoms with E-state index in [1.54, 1.807) is 13.8 Å². The quantitative estimate of drug-likeness (QED) is 0.689. The van der Waals surface area contributed by atoms with Crippen molar-refractivity contribution in [3.63, 3.8) is 0 Å². The molecule has 4 heteroatoms. The maximum atomic E-state index is 11.6. The minimum Gasteiger partial charge on any atom is -0.508 e. The van der Waals surface area contributed by atoms with Crippen molar-refractivity contribution in [3.8, 4) is 11.5 Å². The van der Waals surface area contributed by atoms with Gasteiger partial charge in [0.1, 0.15) is 11.5 Å². The summed E-state index contributed by atoms with van der Waals surface area (Å²) in [7, 11) is 0. The number of aromatic hydroxyl groups is 2. The Kier molecular flexibility index (Phi) is 1.93. The van der Waals surface area contributed by atoms with Crippen LogP contribution in [0.25, 0.3) is 11.0 Å². The second kappa shape index (κ2) is 3.02. The van der Waals surface area contributed by atoms with Crippen molar-refractivity contribution < 1.29 is 14.6 Å². The molecule has 0 radical (unpaired) electrons. The second-order valence-electron chi connectivity index (χ2n) is 3.47. The highest BCUT2D eigenvalue weighted by Gasteiger charge is 2.13. The summed E-state index contributed by atoms with van der Waals surface area (Å²) < 4.78 is 5.25. The Balaban J connectivity index is 3.10. The largest absolute Gasteiger partial charge is 0.508 e. The number of phenolic OH excluding ortho intramolecular Hbond substituents is 2. The number of benzene rings is 1. The molecule has 2 N–H and O–H groups in total. The number of hydrogen-bond acceptors (Lipinski definition) is 4. The van der Waals surface area contributed by atoms with Gasteiger partial charge in [-0.05, 0) is 13.8 Å². The summed E-state index contributed by atoms with van der Waals surface area (Å²) in [5.41, 5.74) is 0.268. The van der Waals surface area contributed by atoms with Gasteiger partial charge in [0.05, 0.1) is 5.39 Å². The molecule has 0 aliphatic heterocycles. The topological polar surface area (TPSA) is 70.7 Å². The van der Waals surface area contributed by atoms with Gasteiger partial charge in [-0.1, -0.05) is 0 Å². The molecule has 0 saturated heterocycles. The van der Waals surface area contributed by atoms with Crippen LogP contribution in [0.4, 0.5) is 0 Å². The van der Waals surface area contributed by atoms with Crippen LogP contribution >= 0.6 is 0 Å². The standard InChI is InChI=1S/C11H10O4/c1-5-3-8(13)10-6(2)7(12)4-9(14)11(10)15-5/h3-4,12,14H,1-2H3. The fourth-order valence-electron chi connectivity index (χ4n) is 1.58. The summed E-state index contributed by atoms with van der Waals surface area (Å²) >= 11 is 0. The lowest BCUT2D eigenvalue weighted by molar-refractivity contribution is 0.439. The summed E-state index contributed by atoms with van der Waals surface area (Å²) in [4.78, 5) is 11.6. The number of hydrogen-bond donors (Lipinski definition) is 2. The summed E-state index contributed by atoms with van der Waals surface area (Å²) in [5.74, 6) is 0.0814. The first-order valence-electron chi connectivity index (χ1n) is 4.46. The third-order valence-electron chi connectivity index (χ3n) is 2.34. The van der Waals surface area contributed by atoms with Crippen LogP contribution in [0.5, 0.6) is 11.5 Å². The summed E-state index contributed by atoms with van der Waals surface area (Å²) in [6.07, 6.45) is 0. The fraction of sp³-hybridized carbons (Fsp3) is 0.182. The minimum absolute atomic E-state index is 0.115. The Labute approximate surface area is 85.4 Å². The maximum Gasteiger partial charge on any atom is 0.193 e. The zero-order valence-corrected chi connectivity index (χ0v) is 8.37. The highest BCUT2D eigenvalue weighted by atomic mass is 16.4. The van der Waals surface area contributed by atoms with E-state index >= 15 is 0 Å². The van der Waals surface area contributed by atoms with Gasteiger partial charge in [0.25, 0.3) is 0 Å². The Bertz CT molecular complexity index is 596. The zero-order valence-electron chi connectivity index (χ0n) is 8.37. The molecule has 0 atom stereocenters. The Morgan fingerprint density at radius 3 is 2.47 bits per heavy atom. The monoisotopic (exact) mass is 206 g/mol. The van der Waals surface area contributed by atoms with Crippen molar-refractivity contribution >= 4 is 11.0 Å². The summed E-state index contributed by atoms with van der Waals surface area (Å²) in [6.45, 7) is 3.23. The van der Waals surface area contributed by atoms with Crippen LogP contribution in [0, 0.1) is 13.8 Å². The number of fused-ring (bicyclic) bond motifs is 1. The molecule has 1 aromatic heterocycles. The lowest BCUT2D eigenvalue weighted by Gasteiger charge is -2.05. The summed E-state index contributed by atoms with van der Waals surface area (Å²) in [5, 5.41) is 19.2. The van der Waals surface area contributed by atoms with Gasteiger partial charge in [-0.25, -0.2) is 0 Å². The molecule has 0 unspecified atom stereocenters. The first kappa shape index (κ1) is 9.58. The van der Waals surface area contributed by atoms with Crippen LogP contribution in [0.2, 0.25) is 0 Å². The summed E-state index contributed by atoms with van der Waals surface area (Å²) in [6, 6.07) is 2.49. The van der Waals surface area contributed by atoms with Gasteiger partial charge in [-0.3, -0.25) is 4.79 Å². The molecule has 15 heavy (non-hydrogen) atoms. The van der Waals surface area contributed by atoms with E-state index in [9.17, 15) is 15.0 Å². The molecule has 4 nitrogen and oxygen atoms in total. The van der Waals surface area contributed by atoms with E-state index in [-0.39, 0.29) is 27.9 Å². The van der Waals surface area contributed by atoms with E-state index in [1.807, 2.05) is 0 Å². The molecule has 1 aromatic carbocycles. The molecule has 0 saturated carbocycles. The van der Waals surface area contributed by atoms with Crippen LogP contribution in [0.15, 0.2) is 21.3 Å². The van der Waals surface area contributed by atoms with Gasteiger partial charge in [0, 0.05) is 17.7 Å². The van der Waals surface area contributed by atoms with E-state index in [1.165, 1.54) is 12.1 Å². The van der Waals surface area contributed by atoms with E-state index in [0.29, 0.717) is 11.3 Å². The molecule has 2 rings (SSSR count). The fourth-order valence-corrected chi connectivity index (χ4v) is 1.58. The van der Waals surface area contributed by atoms with Crippen LogP contribution in [0.1, 0.15) is 11.3 Å². The average Bonchev–Trinajstić information content (AvgIpc) is 2.13. The number of phenols is 2. The molecule has 78 valence electrons. The van der Waals surface area contributed by atoms with Gasteiger partial charge < -0.3 is 14.6 Å². The molecular weight excluding hydrogens is 196 g/mol. The highest BCUT2D eigenvalue weighted by molar-refractivity contribution is 5.87. The van der Waals surface area contributed by atoms with Crippen LogP contribution < -0.4 is 5.43 Å². The molecule has 0 fully saturated rings. The average molecular weight is 206 g/mol. The molecule has 1 heterocycles. The first-order chi connectivity index (χ1) is 7.00. The van der Waals surface area contributed by atoms with Gasteiger partial charge in [0.2, 0.25) is 0 Å². The van der Waals surface area contributed by atoms with Gasteiger partial charge in [0.15, 0.2) is 16.8 Å². The van der Waals surface area contributed by atoms with E-state index in [2.05, 4.69) is 0 Å². The van der Waals surface area contributed by atoms with E-state index in [4.69, 9.17) is 4.42 Å². The SMILES string of the molecule is Cc1cc(=O)c2c(C)c(O)cc(O)c2o1. The minimum atomic E-state index is -0.266. The lowest BCUT2D eigenvalue weighted by Crippen LogP contribution is -2.02. The zero-order chi connectivity index (χ0) is 11.2. The Morgan fingerprint density at radius 1 is 1.13 bits per heavy atom.